The zero-order valence-electron chi connectivity index (χ0n) is 6.63. The average Bonchev–Trinajstić information content (AvgIpc) is 2.04. The SMILES string of the molecule is COc1cc(C)ccc1C=O. The molecule has 11 heavy (non-hydrogen) atoms. The largest absolute Gasteiger partial charge is 0.496 e. The Morgan fingerprint density at radius 2 is 2.18 bits per heavy atom. The van der Waals surface area contributed by atoms with Gasteiger partial charge in [0.1, 0.15) is 5.75 Å². The van der Waals surface area contributed by atoms with E-state index in [4.69, 9.17) is 4.74 Å². The molecule has 0 radical (unpaired) electrons. The Morgan fingerprint density at radius 1 is 1.45 bits per heavy atom. The number of aldehydes is 1. The van der Waals surface area contributed by atoms with Gasteiger partial charge < -0.3 is 4.74 Å². The lowest BCUT2D eigenvalue weighted by Crippen LogP contribution is -1.90. The second kappa shape index (κ2) is 3.19. The van der Waals surface area contributed by atoms with Crippen LogP contribution in [0.3, 0.4) is 0 Å². The summed E-state index contributed by atoms with van der Waals surface area (Å²) in [6, 6.07) is 5.47. The Labute approximate surface area is 65.8 Å². The van der Waals surface area contributed by atoms with Crippen molar-refractivity contribution in [2.45, 2.75) is 6.92 Å². The standard InChI is InChI=1S/C9H10O2/c1-7-3-4-8(6-10)9(5-7)11-2/h3-6H,1-2H3. The molecule has 0 atom stereocenters. The highest BCUT2D eigenvalue weighted by Gasteiger charge is 1.99. The Balaban J connectivity index is 3.16. The van der Waals surface area contributed by atoms with Gasteiger partial charge in [-0.25, -0.2) is 0 Å². The number of hydrogen-bond donors (Lipinski definition) is 0. The molecule has 1 aromatic carbocycles. The van der Waals surface area contributed by atoms with Crippen LogP contribution in [0.4, 0.5) is 0 Å². The molecular weight excluding hydrogens is 140 g/mol. The van der Waals surface area contributed by atoms with Crippen molar-refractivity contribution in [1.29, 1.82) is 0 Å². The van der Waals surface area contributed by atoms with Crippen LogP contribution >= 0.6 is 0 Å². The van der Waals surface area contributed by atoms with Crippen LogP contribution < -0.4 is 4.74 Å². The number of carbonyl (C=O) groups is 1. The maximum absolute atomic E-state index is 10.4. The van der Waals surface area contributed by atoms with E-state index in [0.717, 1.165) is 11.8 Å². The van der Waals surface area contributed by atoms with Crippen LogP contribution in [0.15, 0.2) is 18.2 Å². The molecule has 0 saturated carbocycles. The van der Waals surface area contributed by atoms with Crippen LogP contribution in [0.2, 0.25) is 0 Å². The Morgan fingerprint density at radius 3 is 2.73 bits per heavy atom. The zero-order chi connectivity index (χ0) is 8.27. The van der Waals surface area contributed by atoms with Crippen LogP contribution in [-0.4, -0.2) is 13.4 Å². The van der Waals surface area contributed by atoms with E-state index in [1.54, 1.807) is 13.2 Å². The van der Waals surface area contributed by atoms with E-state index in [2.05, 4.69) is 0 Å². The number of carbonyl (C=O) groups excluding carboxylic acids is 1. The molecule has 0 amide bonds. The zero-order valence-corrected chi connectivity index (χ0v) is 6.63. The third kappa shape index (κ3) is 1.58. The molecule has 0 aliphatic carbocycles. The molecule has 0 aliphatic heterocycles. The first-order chi connectivity index (χ1) is 5.27. The van der Waals surface area contributed by atoms with Crippen LogP contribution in [0.1, 0.15) is 15.9 Å². The van der Waals surface area contributed by atoms with Crippen LogP contribution in [0.25, 0.3) is 0 Å². The number of methoxy groups -OCH3 is 1. The van der Waals surface area contributed by atoms with Crippen LogP contribution in [0, 0.1) is 6.92 Å². The van der Waals surface area contributed by atoms with Crippen molar-refractivity contribution in [2.75, 3.05) is 7.11 Å². The van der Waals surface area contributed by atoms with Gasteiger partial charge in [-0.05, 0) is 24.6 Å². The molecule has 0 aliphatic rings. The summed E-state index contributed by atoms with van der Waals surface area (Å²) in [5.41, 5.74) is 1.69. The van der Waals surface area contributed by atoms with Crippen molar-refractivity contribution in [2.24, 2.45) is 0 Å². The summed E-state index contributed by atoms with van der Waals surface area (Å²) < 4.78 is 4.99. The summed E-state index contributed by atoms with van der Waals surface area (Å²) >= 11 is 0. The van der Waals surface area contributed by atoms with Gasteiger partial charge in [0, 0.05) is 0 Å². The van der Waals surface area contributed by atoms with Gasteiger partial charge in [0.15, 0.2) is 6.29 Å². The number of hydrogen-bond acceptors (Lipinski definition) is 2. The molecule has 2 heteroatoms. The molecule has 0 spiro atoms. The number of benzene rings is 1. The molecule has 0 saturated heterocycles. The van der Waals surface area contributed by atoms with Crippen molar-refractivity contribution >= 4 is 6.29 Å². The van der Waals surface area contributed by atoms with E-state index in [0.29, 0.717) is 11.3 Å². The minimum Gasteiger partial charge on any atom is -0.496 e. The van der Waals surface area contributed by atoms with E-state index in [1.807, 2.05) is 19.1 Å². The van der Waals surface area contributed by atoms with Crippen molar-refractivity contribution in [1.82, 2.24) is 0 Å². The molecular formula is C9H10O2. The van der Waals surface area contributed by atoms with E-state index in [-0.39, 0.29) is 0 Å². The lowest BCUT2D eigenvalue weighted by Gasteiger charge is -2.02. The summed E-state index contributed by atoms with van der Waals surface area (Å²) in [7, 11) is 1.56. The first kappa shape index (κ1) is 7.79. The summed E-state index contributed by atoms with van der Waals surface area (Å²) in [5, 5.41) is 0. The molecule has 0 N–H and O–H groups in total. The predicted molar refractivity (Wildman–Crippen MR) is 43.1 cm³/mol. The number of aryl methyl sites for hydroxylation is 1. The summed E-state index contributed by atoms with van der Waals surface area (Å²) in [4.78, 5) is 10.4. The Bertz CT molecular complexity index is 266. The van der Waals surface area contributed by atoms with Crippen LogP contribution in [0.5, 0.6) is 5.75 Å². The smallest absolute Gasteiger partial charge is 0.153 e. The van der Waals surface area contributed by atoms with Gasteiger partial charge in [-0.2, -0.15) is 0 Å². The van der Waals surface area contributed by atoms with Gasteiger partial charge in [0.25, 0.3) is 0 Å². The molecule has 0 unspecified atom stereocenters. The van der Waals surface area contributed by atoms with E-state index < -0.39 is 0 Å². The van der Waals surface area contributed by atoms with Gasteiger partial charge in [-0.15, -0.1) is 0 Å². The fraction of sp³-hybridized carbons (Fsp3) is 0.222. The first-order valence-corrected chi connectivity index (χ1v) is 3.37. The van der Waals surface area contributed by atoms with Gasteiger partial charge in [0.2, 0.25) is 0 Å². The Kier molecular flexibility index (Phi) is 2.26. The summed E-state index contributed by atoms with van der Waals surface area (Å²) in [5.74, 6) is 0.639. The maximum atomic E-state index is 10.4. The molecule has 0 heterocycles. The lowest BCUT2D eigenvalue weighted by atomic mass is 10.1. The summed E-state index contributed by atoms with van der Waals surface area (Å²) in [6.07, 6.45) is 0.790. The van der Waals surface area contributed by atoms with Crippen molar-refractivity contribution in [3.8, 4) is 5.75 Å². The fourth-order valence-corrected chi connectivity index (χ4v) is 0.916. The highest BCUT2D eigenvalue weighted by atomic mass is 16.5. The predicted octanol–water partition coefficient (Wildman–Crippen LogP) is 1.82. The van der Waals surface area contributed by atoms with Crippen molar-refractivity contribution in [3.05, 3.63) is 29.3 Å². The van der Waals surface area contributed by atoms with Gasteiger partial charge >= 0.3 is 0 Å². The third-order valence-electron chi connectivity index (χ3n) is 1.52. The average molecular weight is 150 g/mol. The van der Waals surface area contributed by atoms with Gasteiger partial charge in [-0.3, -0.25) is 4.79 Å². The number of ether oxygens (including phenoxy) is 1. The molecule has 2 nitrogen and oxygen atoms in total. The highest BCUT2D eigenvalue weighted by molar-refractivity contribution is 5.79. The van der Waals surface area contributed by atoms with E-state index in [1.165, 1.54) is 0 Å². The molecule has 0 bridgehead atoms. The van der Waals surface area contributed by atoms with E-state index >= 15 is 0 Å². The normalized spacial score (nSPS) is 9.27. The Hall–Kier alpha value is -1.31. The minimum atomic E-state index is 0.595. The molecule has 0 fully saturated rings. The van der Waals surface area contributed by atoms with Crippen molar-refractivity contribution < 1.29 is 9.53 Å². The second-order valence-electron chi connectivity index (χ2n) is 2.36. The highest BCUT2D eigenvalue weighted by Crippen LogP contribution is 2.17. The summed E-state index contributed by atoms with van der Waals surface area (Å²) in [6.45, 7) is 1.96. The van der Waals surface area contributed by atoms with E-state index in [9.17, 15) is 4.79 Å². The maximum Gasteiger partial charge on any atom is 0.153 e. The minimum absolute atomic E-state index is 0.595. The molecule has 1 aromatic rings. The topological polar surface area (TPSA) is 26.3 Å². The third-order valence-corrected chi connectivity index (χ3v) is 1.52. The van der Waals surface area contributed by atoms with Gasteiger partial charge in [-0.1, -0.05) is 6.07 Å². The quantitative estimate of drug-likeness (QED) is 0.601. The first-order valence-electron chi connectivity index (χ1n) is 3.37. The number of rotatable bonds is 2. The second-order valence-corrected chi connectivity index (χ2v) is 2.36. The fourth-order valence-electron chi connectivity index (χ4n) is 0.916. The van der Waals surface area contributed by atoms with Crippen molar-refractivity contribution in [3.63, 3.8) is 0 Å². The van der Waals surface area contributed by atoms with Gasteiger partial charge in [0.05, 0.1) is 12.7 Å². The molecule has 0 aromatic heterocycles. The lowest BCUT2D eigenvalue weighted by molar-refractivity contribution is 0.112. The molecule has 1 rings (SSSR count). The van der Waals surface area contributed by atoms with Crippen LogP contribution in [-0.2, 0) is 0 Å². The monoisotopic (exact) mass is 150 g/mol. The molecule has 58 valence electrons.